The number of hydrogen-bond donors (Lipinski definition) is 3. The second kappa shape index (κ2) is 8.73. The summed E-state index contributed by atoms with van der Waals surface area (Å²) in [6.07, 6.45) is 6.78. The van der Waals surface area contributed by atoms with Crippen molar-refractivity contribution in [2.75, 3.05) is 0 Å². The first kappa shape index (κ1) is 17.6. The molecule has 0 radical (unpaired) electrons. The van der Waals surface area contributed by atoms with Crippen LogP contribution in [0.25, 0.3) is 0 Å². The molecule has 0 aliphatic rings. The first-order chi connectivity index (χ1) is 12.7. The van der Waals surface area contributed by atoms with Gasteiger partial charge in [-0.05, 0) is 41.5 Å². The Morgan fingerprint density at radius 3 is 2.08 bits per heavy atom. The number of rotatable bonds is 7. The van der Waals surface area contributed by atoms with E-state index < -0.39 is 6.04 Å². The number of aromatic hydroxyl groups is 1. The van der Waals surface area contributed by atoms with Gasteiger partial charge in [-0.2, -0.15) is 0 Å². The van der Waals surface area contributed by atoms with E-state index in [1.54, 1.807) is 49.1 Å². The van der Waals surface area contributed by atoms with Crippen LogP contribution in [0.4, 0.5) is 0 Å². The molecule has 0 saturated carbocycles. The number of benzene rings is 1. The molecule has 3 rings (SSSR count). The molecule has 0 spiro atoms. The van der Waals surface area contributed by atoms with Crippen LogP contribution in [-0.2, 0) is 17.9 Å². The van der Waals surface area contributed by atoms with Crippen LogP contribution in [0.3, 0.4) is 0 Å². The molecule has 3 aromatic rings. The van der Waals surface area contributed by atoms with Gasteiger partial charge in [0.1, 0.15) is 11.8 Å². The predicted molar refractivity (Wildman–Crippen MR) is 98.0 cm³/mol. The second-order valence-corrected chi connectivity index (χ2v) is 5.80. The molecular weight excluding hydrogens is 328 g/mol. The third-order valence-electron chi connectivity index (χ3n) is 3.99. The Hall–Kier alpha value is -3.25. The molecular formula is C20H20N4O2. The van der Waals surface area contributed by atoms with Crippen molar-refractivity contribution < 1.29 is 9.90 Å². The van der Waals surface area contributed by atoms with E-state index in [9.17, 15) is 9.90 Å². The first-order valence-corrected chi connectivity index (χ1v) is 8.31. The van der Waals surface area contributed by atoms with Gasteiger partial charge in [-0.3, -0.25) is 20.1 Å². The van der Waals surface area contributed by atoms with Gasteiger partial charge in [-0.25, -0.2) is 0 Å². The lowest BCUT2D eigenvalue weighted by Gasteiger charge is -2.20. The maximum Gasteiger partial charge on any atom is 0.242 e. The summed E-state index contributed by atoms with van der Waals surface area (Å²) >= 11 is 0. The SMILES string of the molecule is O=C(NCc1ccncc1)C(NCc1ccncc1)c1ccccc1O. The Kier molecular flexibility index (Phi) is 5.90. The highest BCUT2D eigenvalue weighted by Crippen LogP contribution is 2.24. The molecule has 0 fully saturated rings. The van der Waals surface area contributed by atoms with Crippen molar-refractivity contribution in [2.45, 2.75) is 19.1 Å². The van der Waals surface area contributed by atoms with Crippen LogP contribution in [0.2, 0.25) is 0 Å². The zero-order valence-corrected chi connectivity index (χ0v) is 14.2. The summed E-state index contributed by atoms with van der Waals surface area (Å²) in [5, 5.41) is 16.3. The van der Waals surface area contributed by atoms with E-state index in [2.05, 4.69) is 20.6 Å². The molecule has 1 unspecified atom stereocenters. The van der Waals surface area contributed by atoms with Crippen molar-refractivity contribution in [3.63, 3.8) is 0 Å². The summed E-state index contributed by atoms with van der Waals surface area (Å²) in [6, 6.07) is 13.6. The lowest BCUT2D eigenvalue weighted by atomic mass is 10.0. The Bertz CT molecular complexity index is 841. The van der Waals surface area contributed by atoms with Gasteiger partial charge in [0.05, 0.1) is 0 Å². The van der Waals surface area contributed by atoms with Gasteiger partial charge in [-0.15, -0.1) is 0 Å². The van der Waals surface area contributed by atoms with Gasteiger partial charge in [-0.1, -0.05) is 18.2 Å². The number of aromatic nitrogens is 2. The number of pyridine rings is 2. The molecule has 2 aromatic heterocycles. The van der Waals surface area contributed by atoms with Gasteiger partial charge in [0.15, 0.2) is 0 Å². The number of phenols is 1. The van der Waals surface area contributed by atoms with Crippen LogP contribution in [0.15, 0.2) is 73.3 Å². The van der Waals surface area contributed by atoms with E-state index in [0.29, 0.717) is 18.7 Å². The highest BCUT2D eigenvalue weighted by Gasteiger charge is 2.22. The number of para-hydroxylation sites is 1. The molecule has 0 aliphatic heterocycles. The minimum Gasteiger partial charge on any atom is -0.508 e. The van der Waals surface area contributed by atoms with E-state index in [0.717, 1.165) is 11.1 Å². The van der Waals surface area contributed by atoms with E-state index in [1.165, 1.54) is 0 Å². The number of hydrogen-bond acceptors (Lipinski definition) is 5. The van der Waals surface area contributed by atoms with E-state index in [1.807, 2.05) is 24.3 Å². The summed E-state index contributed by atoms with van der Waals surface area (Å²) in [7, 11) is 0. The number of nitrogens with one attached hydrogen (secondary N) is 2. The summed E-state index contributed by atoms with van der Waals surface area (Å²) in [6.45, 7) is 0.868. The second-order valence-electron chi connectivity index (χ2n) is 5.80. The molecule has 0 bridgehead atoms. The Morgan fingerprint density at radius 1 is 0.885 bits per heavy atom. The smallest absolute Gasteiger partial charge is 0.242 e. The minimum atomic E-state index is -0.675. The fourth-order valence-electron chi connectivity index (χ4n) is 2.59. The van der Waals surface area contributed by atoms with Crippen molar-refractivity contribution in [1.29, 1.82) is 0 Å². The van der Waals surface area contributed by atoms with Gasteiger partial charge in [0.2, 0.25) is 5.91 Å². The lowest BCUT2D eigenvalue weighted by Crippen LogP contribution is -2.37. The minimum absolute atomic E-state index is 0.0822. The zero-order chi connectivity index (χ0) is 18.2. The highest BCUT2D eigenvalue weighted by molar-refractivity contribution is 5.84. The maximum atomic E-state index is 12.8. The summed E-state index contributed by atoms with van der Waals surface area (Å²) in [5.74, 6) is -0.129. The maximum absolute atomic E-state index is 12.8. The third kappa shape index (κ3) is 4.64. The molecule has 132 valence electrons. The molecule has 26 heavy (non-hydrogen) atoms. The largest absolute Gasteiger partial charge is 0.508 e. The van der Waals surface area contributed by atoms with Crippen molar-refractivity contribution in [1.82, 2.24) is 20.6 Å². The van der Waals surface area contributed by atoms with Gasteiger partial charge < -0.3 is 10.4 Å². The van der Waals surface area contributed by atoms with Crippen LogP contribution in [0.1, 0.15) is 22.7 Å². The topological polar surface area (TPSA) is 87.1 Å². The van der Waals surface area contributed by atoms with Crippen molar-refractivity contribution in [3.05, 3.63) is 90.0 Å². The molecule has 1 amide bonds. The average Bonchev–Trinajstić information content (AvgIpc) is 2.69. The average molecular weight is 348 g/mol. The zero-order valence-electron chi connectivity index (χ0n) is 14.2. The molecule has 0 saturated heterocycles. The van der Waals surface area contributed by atoms with Crippen molar-refractivity contribution in [3.8, 4) is 5.75 Å². The number of phenolic OH excluding ortho intramolecular Hbond substituents is 1. The molecule has 3 N–H and O–H groups in total. The van der Waals surface area contributed by atoms with Gasteiger partial charge in [0, 0.05) is 43.4 Å². The number of carbonyl (C=O) groups excluding carboxylic acids is 1. The Labute approximate surface area is 152 Å². The van der Waals surface area contributed by atoms with Crippen LogP contribution in [-0.4, -0.2) is 21.0 Å². The normalized spacial score (nSPS) is 11.7. The summed E-state index contributed by atoms with van der Waals surface area (Å²) in [5.41, 5.74) is 2.50. The van der Waals surface area contributed by atoms with Gasteiger partial charge >= 0.3 is 0 Å². The Morgan fingerprint density at radius 2 is 1.46 bits per heavy atom. The predicted octanol–water partition coefficient (Wildman–Crippen LogP) is 2.33. The molecule has 6 nitrogen and oxygen atoms in total. The van der Waals surface area contributed by atoms with Crippen molar-refractivity contribution in [2.24, 2.45) is 0 Å². The van der Waals surface area contributed by atoms with E-state index >= 15 is 0 Å². The molecule has 1 atom stereocenters. The quantitative estimate of drug-likeness (QED) is 0.610. The molecule has 0 aliphatic carbocycles. The van der Waals surface area contributed by atoms with Gasteiger partial charge in [0.25, 0.3) is 0 Å². The standard InChI is InChI=1S/C20H20N4O2/c25-18-4-2-1-3-17(18)19(23-13-15-5-9-21-10-6-15)20(26)24-14-16-7-11-22-12-8-16/h1-12,19,23,25H,13-14H2,(H,24,26). The molecule has 2 heterocycles. The summed E-state index contributed by atoms with van der Waals surface area (Å²) < 4.78 is 0. The number of amides is 1. The number of carbonyl (C=O) groups is 1. The third-order valence-corrected chi connectivity index (χ3v) is 3.99. The van der Waals surface area contributed by atoms with E-state index in [4.69, 9.17) is 0 Å². The fraction of sp³-hybridized carbons (Fsp3) is 0.150. The highest BCUT2D eigenvalue weighted by atomic mass is 16.3. The fourth-order valence-corrected chi connectivity index (χ4v) is 2.59. The number of nitrogens with zero attached hydrogens (tertiary/aromatic N) is 2. The first-order valence-electron chi connectivity index (χ1n) is 8.31. The van der Waals surface area contributed by atoms with E-state index in [-0.39, 0.29) is 11.7 Å². The van der Waals surface area contributed by atoms with Crippen molar-refractivity contribution >= 4 is 5.91 Å². The summed E-state index contributed by atoms with van der Waals surface area (Å²) in [4.78, 5) is 20.7. The van der Waals surface area contributed by atoms with Crippen LogP contribution < -0.4 is 10.6 Å². The molecule has 6 heteroatoms. The molecule has 1 aromatic carbocycles. The van der Waals surface area contributed by atoms with Crippen LogP contribution in [0.5, 0.6) is 5.75 Å². The lowest BCUT2D eigenvalue weighted by molar-refractivity contribution is -0.123. The van der Waals surface area contributed by atoms with Crippen LogP contribution >= 0.6 is 0 Å². The monoisotopic (exact) mass is 348 g/mol. The van der Waals surface area contributed by atoms with Crippen LogP contribution in [0, 0.1) is 0 Å². The Balaban J connectivity index is 1.73.